The van der Waals surface area contributed by atoms with Crippen molar-refractivity contribution in [3.8, 4) is 11.4 Å². The highest BCUT2D eigenvalue weighted by Gasteiger charge is 2.28. The largest absolute Gasteiger partial charge is 0.348 e. The van der Waals surface area contributed by atoms with E-state index in [2.05, 4.69) is 69.9 Å². The molecule has 2 aliphatic rings. The van der Waals surface area contributed by atoms with Crippen LogP contribution in [0.3, 0.4) is 0 Å². The molecule has 214 valence electrons. The molecule has 0 radical (unpaired) electrons. The maximum Gasteiger partial charge on any atom is 0.228 e. The molecule has 0 bridgehead atoms. The lowest BCUT2D eigenvalue weighted by Crippen LogP contribution is -2.46. The minimum absolute atomic E-state index is 0.0352. The van der Waals surface area contributed by atoms with Crippen LogP contribution in [0.25, 0.3) is 11.4 Å². The molecule has 2 aromatic rings. The summed E-state index contributed by atoms with van der Waals surface area (Å²) in [4.78, 5) is 36.1. The third-order valence-corrected chi connectivity index (χ3v) is 8.05. The number of anilines is 1. The van der Waals surface area contributed by atoms with Crippen LogP contribution in [0, 0.1) is 0 Å². The normalized spacial score (nSPS) is 18.7. The van der Waals surface area contributed by atoms with Gasteiger partial charge >= 0.3 is 0 Å². The van der Waals surface area contributed by atoms with Gasteiger partial charge in [0.1, 0.15) is 0 Å². The van der Waals surface area contributed by atoms with Crippen LogP contribution in [0.5, 0.6) is 0 Å². The van der Waals surface area contributed by atoms with Crippen molar-refractivity contribution in [3.63, 3.8) is 0 Å². The van der Waals surface area contributed by atoms with Crippen molar-refractivity contribution in [2.24, 2.45) is 4.99 Å². The van der Waals surface area contributed by atoms with E-state index >= 15 is 0 Å². The van der Waals surface area contributed by atoms with E-state index in [9.17, 15) is 4.79 Å². The van der Waals surface area contributed by atoms with Gasteiger partial charge in [-0.3, -0.25) is 14.8 Å². The molecular weight excluding hydrogens is 498 g/mol. The topological polar surface area (TPSA) is 86.6 Å². The molecule has 40 heavy (non-hydrogen) atoms. The number of hydrogen-bond donors (Lipinski definition) is 1. The Bertz CT molecular complexity index is 1190. The fourth-order valence-electron chi connectivity index (χ4n) is 5.32. The Balaban J connectivity index is 1.33. The summed E-state index contributed by atoms with van der Waals surface area (Å²) in [6.07, 6.45) is 14.5. The molecular formula is C32H45N7O. The zero-order valence-corrected chi connectivity index (χ0v) is 24.6. The first-order chi connectivity index (χ1) is 19.5. The number of amides is 1. The van der Waals surface area contributed by atoms with E-state index in [1.165, 1.54) is 25.9 Å². The second-order valence-corrected chi connectivity index (χ2v) is 10.8. The summed E-state index contributed by atoms with van der Waals surface area (Å²) >= 11 is 0. The summed E-state index contributed by atoms with van der Waals surface area (Å²) in [6.45, 7) is 12.6. The molecule has 1 atom stereocenters. The van der Waals surface area contributed by atoms with Gasteiger partial charge in [-0.25, -0.2) is 9.97 Å². The molecule has 2 saturated heterocycles. The number of allylic oxidation sites excluding steroid dienone is 3. The van der Waals surface area contributed by atoms with Crippen LogP contribution in [0.4, 0.5) is 5.95 Å². The SMILES string of the molecule is CCC(CC(=O)N1CCC(N2CCCC2)CC1)=N/C(=C/C=C(C)C(C)Nc1nccc(-c2ccccn2)n1)CC. The number of nitrogens with zero attached hydrogens (tertiary/aromatic N) is 6. The molecule has 8 heteroatoms. The molecule has 2 fully saturated rings. The Hall–Kier alpha value is -3.39. The van der Waals surface area contributed by atoms with Gasteiger partial charge in [-0.1, -0.05) is 31.6 Å². The van der Waals surface area contributed by atoms with Crippen molar-refractivity contribution < 1.29 is 4.79 Å². The van der Waals surface area contributed by atoms with Crippen LogP contribution in [-0.2, 0) is 4.79 Å². The van der Waals surface area contributed by atoms with Crippen LogP contribution >= 0.6 is 0 Å². The maximum absolute atomic E-state index is 13.1. The molecule has 0 aromatic carbocycles. The molecule has 4 heterocycles. The smallest absolute Gasteiger partial charge is 0.228 e. The van der Waals surface area contributed by atoms with Gasteiger partial charge < -0.3 is 15.1 Å². The first kappa shape index (κ1) is 29.6. The van der Waals surface area contributed by atoms with Crippen LogP contribution in [0.15, 0.2) is 65.1 Å². The highest BCUT2D eigenvalue weighted by atomic mass is 16.2. The van der Waals surface area contributed by atoms with E-state index < -0.39 is 0 Å². The molecule has 1 amide bonds. The molecule has 2 aromatic heterocycles. The number of piperidine rings is 1. The predicted molar refractivity (Wildman–Crippen MR) is 163 cm³/mol. The van der Waals surface area contributed by atoms with Crippen LogP contribution in [0.1, 0.15) is 72.6 Å². The average Bonchev–Trinajstić information content (AvgIpc) is 3.54. The number of carbonyl (C=O) groups is 1. The lowest BCUT2D eigenvalue weighted by atomic mass is 10.0. The highest BCUT2D eigenvalue weighted by Crippen LogP contribution is 2.22. The van der Waals surface area contributed by atoms with E-state index in [0.29, 0.717) is 18.4 Å². The second kappa shape index (κ2) is 14.8. The van der Waals surface area contributed by atoms with Crippen LogP contribution in [-0.4, -0.2) is 74.6 Å². The predicted octanol–water partition coefficient (Wildman–Crippen LogP) is 5.91. The molecule has 0 aliphatic carbocycles. The molecule has 4 rings (SSSR count). The minimum atomic E-state index is 0.0352. The van der Waals surface area contributed by atoms with Crippen molar-refractivity contribution in [2.75, 3.05) is 31.5 Å². The molecule has 0 saturated carbocycles. The van der Waals surface area contributed by atoms with E-state index in [1.54, 1.807) is 12.4 Å². The lowest BCUT2D eigenvalue weighted by Gasteiger charge is -2.36. The number of carbonyl (C=O) groups excluding carboxylic acids is 1. The van der Waals surface area contributed by atoms with Crippen LogP contribution in [0.2, 0.25) is 0 Å². The average molecular weight is 544 g/mol. The highest BCUT2D eigenvalue weighted by molar-refractivity contribution is 6.01. The number of aliphatic imine (C=N–C) groups is 1. The van der Waals surface area contributed by atoms with Crippen molar-refractivity contribution in [1.82, 2.24) is 24.8 Å². The number of hydrogen-bond acceptors (Lipinski definition) is 7. The van der Waals surface area contributed by atoms with Gasteiger partial charge in [0.15, 0.2) is 0 Å². The monoisotopic (exact) mass is 543 g/mol. The summed E-state index contributed by atoms with van der Waals surface area (Å²) < 4.78 is 0. The summed E-state index contributed by atoms with van der Waals surface area (Å²) in [5.74, 6) is 0.783. The molecule has 0 spiro atoms. The van der Waals surface area contributed by atoms with Gasteiger partial charge in [0.05, 0.1) is 17.8 Å². The molecule has 1 unspecified atom stereocenters. The summed E-state index contributed by atoms with van der Waals surface area (Å²) in [5.41, 5.74) is 4.68. The van der Waals surface area contributed by atoms with Gasteiger partial charge in [0, 0.05) is 49.0 Å². The third kappa shape index (κ3) is 8.31. The number of likely N-dealkylation sites (tertiary alicyclic amines) is 2. The van der Waals surface area contributed by atoms with E-state index in [-0.39, 0.29) is 11.9 Å². The van der Waals surface area contributed by atoms with Gasteiger partial charge in [0.2, 0.25) is 11.9 Å². The Morgan fingerprint density at radius 3 is 2.48 bits per heavy atom. The first-order valence-corrected chi connectivity index (χ1v) is 14.9. The van der Waals surface area contributed by atoms with Gasteiger partial charge in [-0.2, -0.15) is 0 Å². The fraction of sp³-hybridized carbons (Fsp3) is 0.531. The quantitative estimate of drug-likeness (QED) is 0.280. The number of nitrogens with one attached hydrogen (secondary N) is 1. The van der Waals surface area contributed by atoms with Gasteiger partial charge in [-0.15, -0.1) is 0 Å². The summed E-state index contributed by atoms with van der Waals surface area (Å²) in [6, 6.07) is 8.33. The zero-order chi connectivity index (χ0) is 28.3. The van der Waals surface area contributed by atoms with E-state index in [1.807, 2.05) is 24.3 Å². The minimum Gasteiger partial charge on any atom is -0.348 e. The summed E-state index contributed by atoms with van der Waals surface area (Å²) in [5, 5.41) is 3.39. The second-order valence-electron chi connectivity index (χ2n) is 10.8. The Morgan fingerprint density at radius 1 is 1.02 bits per heavy atom. The van der Waals surface area contributed by atoms with Crippen molar-refractivity contribution in [2.45, 2.75) is 84.7 Å². The van der Waals surface area contributed by atoms with Gasteiger partial charge in [0.25, 0.3) is 0 Å². The fourth-order valence-corrected chi connectivity index (χ4v) is 5.32. The third-order valence-electron chi connectivity index (χ3n) is 8.05. The van der Waals surface area contributed by atoms with Crippen molar-refractivity contribution in [1.29, 1.82) is 0 Å². The Kier molecular flexibility index (Phi) is 11.0. The number of aromatic nitrogens is 3. The summed E-state index contributed by atoms with van der Waals surface area (Å²) in [7, 11) is 0. The molecule has 1 N–H and O–H groups in total. The lowest BCUT2D eigenvalue weighted by molar-refractivity contribution is -0.131. The van der Waals surface area contributed by atoms with Crippen molar-refractivity contribution >= 4 is 17.6 Å². The number of pyridine rings is 1. The van der Waals surface area contributed by atoms with Crippen molar-refractivity contribution in [3.05, 3.63) is 60.1 Å². The zero-order valence-electron chi connectivity index (χ0n) is 24.6. The maximum atomic E-state index is 13.1. The van der Waals surface area contributed by atoms with Gasteiger partial charge in [-0.05, 0) is 89.7 Å². The standard InChI is InChI=1S/C32H45N7O/c1-5-26(36-27(6-2)23-31(40)39-21-15-28(16-22-39)38-19-9-10-20-38)13-12-24(3)25(4)35-32-34-18-14-30(37-32)29-11-7-8-17-33-29/h7-8,11-14,17-18,25,28H,5-6,9-10,15-16,19-23H2,1-4H3,(H,34,35,37)/b24-12?,26-13+,36-27?. The number of rotatable bonds is 11. The Labute approximate surface area is 239 Å². The molecule has 8 nitrogen and oxygen atoms in total. The van der Waals surface area contributed by atoms with E-state index in [4.69, 9.17) is 4.99 Å². The first-order valence-electron chi connectivity index (χ1n) is 14.9. The molecule has 2 aliphatic heterocycles. The van der Waals surface area contributed by atoms with E-state index in [0.717, 1.165) is 67.1 Å². The Morgan fingerprint density at radius 2 is 1.80 bits per heavy atom. The van der Waals surface area contributed by atoms with Crippen LogP contribution < -0.4 is 5.32 Å².